The molecule has 84 valence electrons. The van der Waals surface area contributed by atoms with Crippen LogP contribution in [0.15, 0.2) is 0 Å². The summed E-state index contributed by atoms with van der Waals surface area (Å²) in [6, 6.07) is 0. The Hall–Kier alpha value is -0.250. The van der Waals surface area contributed by atoms with E-state index in [-0.39, 0.29) is 18.8 Å². The first kappa shape index (κ1) is 11.8. The van der Waals surface area contributed by atoms with Gasteiger partial charge in [-0.15, -0.1) is 0 Å². The first-order valence-corrected chi connectivity index (χ1v) is 5.11. The smallest absolute Gasteiger partial charge is 0.325 e. The zero-order valence-electron chi connectivity index (χ0n) is 8.69. The number of halogens is 3. The second-order valence-electron chi connectivity index (χ2n) is 4.72. The number of nitrogens with two attached hydrogens (primary N) is 1. The highest BCUT2D eigenvalue weighted by atomic mass is 19.4. The van der Waals surface area contributed by atoms with Crippen LogP contribution in [0.25, 0.3) is 0 Å². The fourth-order valence-corrected chi connectivity index (χ4v) is 2.14. The normalized spacial score (nSPS) is 34.9. The van der Waals surface area contributed by atoms with E-state index in [1.807, 2.05) is 13.8 Å². The molecule has 1 nitrogen and oxygen atoms in total. The molecule has 2 atom stereocenters. The third-order valence-electron chi connectivity index (χ3n) is 3.43. The lowest BCUT2D eigenvalue weighted by Crippen LogP contribution is -2.51. The van der Waals surface area contributed by atoms with Crippen molar-refractivity contribution in [1.29, 1.82) is 0 Å². The Kier molecular flexibility index (Phi) is 3.14. The molecule has 1 rings (SSSR count). The van der Waals surface area contributed by atoms with E-state index in [4.69, 9.17) is 5.73 Å². The molecule has 2 unspecified atom stereocenters. The van der Waals surface area contributed by atoms with E-state index in [0.717, 1.165) is 6.42 Å². The van der Waals surface area contributed by atoms with Crippen molar-refractivity contribution < 1.29 is 13.2 Å². The predicted molar refractivity (Wildman–Crippen MR) is 49.8 cm³/mol. The summed E-state index contributed by atoms with van der Waals surface area (Å²) >= 11 is 0. The first-order valence-electron chi connectivity index (χ1n) is 5.11. The van der Waals surface area contributed by atoms with Gasteiger partial charge in [-0.05, 0) is 25.2 Å². The lowest BCUT2D eigenvalue weighted by Gasteiger charge is -2.41. The minimum Gasteiger partial charge on any atom is -0.325 e. The van der Waals surface area contributed by atoms with Gasteiger partial charge < -0.3 is 5.73 Å². The summed E-state index contributed by atoms with van der Waals surface area (Å²) in [6.07, 6.45) is -2.42. The Bertz CT molecular complexity index is 200. The highest BCUT2D eigenvalue weighted by Gasteiger charge is 2.46. The third kappa shape index (κ3) is 2.41. The fourth-order valence-electron chi connectivity index (χ4n) is 2.14. The van der Waals surface area contributed by atoms with Gasteiger partial charge in [0.15, 0.2) is 0 Å². The molecule has 1 saturated carbocycles. The highest BCUT2D eigenvalue weighted by molar-refractivity contribution is 4.94. The maximum absolute atomic E-state index is 12.5. The summed E-state index contributed by atoms with van der Waals surface area (Å²) in [5.74, 6) is -1.07. The molecule has 0 bridgehead atoms. The van der Waals surface area contributed by atoms with Crippen molar-refractivity contribution in [3.63, 3.8) is 0 Å². The minimum atomic E-state index is -4.07. The van der Waals surface area contributed by atoms with Crippen LogP contribution in [0.2, 0.25) is 0 Å². The molecular weight excluding hydrogens is 191 g/mol. The molecule has 4 heteroatoms. The molecule has 0 heterocycles. The van der Waals surface area contributed by atoms with E-state index >= 15 is 0 Å². The quantitative estimate of drug-likeness (QED) is 0.705. The summed E-state index contributed by atoms with van der Waals surface area (Å²) in [5, 5.41) is 0. The number of hydrogen-bond acceptors (Lipinski definition) is 1. The van der Waals surface area contributed by atoms with Crippen LogP contribution in [0.4, 0.5) is 13.2 Å². The first-order chi connectivity index (χ1) is 6.26. The van der Waals surface area contributed by atoms with Crippen LogP contribution >= 0.6 is 0 Å². The second-order valence-corrected chi connectivity index (χ2v) is 4.72. The van der Waals surface area contributed by atoms with Crippen molar-refractivity contribution in [2.24, 2.45) is 17.6 Å². The van der Waals surface area contributed by atoms with E-state index in [9.17, 15) is 13.2 Å². The molecule has 0 aromatic carbocycles. The summed E-state index contributed by atoms with van der Waals surface area (Å²) < 4.78 is 37.5. The Morgan fingerprint density at radius 3 is 2.36 bits per heavy atom. The molecule has 1 aliphatic rings. The Morgan fingerprint density at radius 1 is 1.36 bits per heavy atom. The van der Waals surface area contributed by atoms with Crippen LogP contribution in [-0.4, -0.2) is 11.7 Å². The average Bonchev–Trinajstić information content (AvgIpc) is 2.02. The van der Waals surface area contributed by atoms with E-state index in [2.05, 4.69) is 0 Å². The maximum Gasteiger partial charge on any atom is 0.391 e. The van der Waals surface area contributed by atoms with Crippen molar-refractivity contribution in [1.82, 2.24) is 0 Å². The van der Waals surface area contributed by atoms with E-state index in [1.165, 1.54) is 0 Å². The number of rotatable bonds is 1. The third-order valence-corrected chi connectivity index (χ3v) is 3.43. The molecule has 0 aliphatic heterocycles. The Balaban J connectivity index is 2.69. The van der Waals surface area contributed by atoms with Crippen molar-refractivity contribution in [3.8, 4) is 0 Å². The van der Waals surface area contributed by atoms with Gasteiger partial charge in [0, 0.05) is 5.54 Å². The van der Waals surface area contributed by atoms with Gasteiger partial charge in [0.25, 0.3) is 0 Å². The monoisotopic (exact) mass is 209 g/mol. The van der Waals surface area contributed by atoms with Crippen LogP contribution in [0, 0.1) is 11.8 Å². The van der Waals surface area contributed by atoms with Gasteiger partial charge in [0.1, 0.15) is 0 Å². The van der Waals surface area contributed by atoms with Crippen LogP contribution < -0.4 is 5.73 Å². The van der Waals surface area contributed by atoms with Crippen molar-refractivity contribution in [3.05, 3.63) is 0 Å². The molecule has 0 amide bonds. The summed E-state index contributed by atoms with van der Waals surface area (Å²) in [6.45, 7) is 3.80. The topological polar surface area (TPSA) is 26.0 Å². The Morgan fingerprint density at radius 2 is 1.93 bits per heavy atom. The molecule has 2 N–H and O–H groups in total. The van der Waals surface area contributed by atoms with Crippen molar-refractivity contribution >= 4 is 0 Å². The van der Waals surface area contributed by atoms with Gasteiger partial charge >= 0.3 is 6.18 Å². The molecule has 0 radical (unpaired) electrons. The molecule has 1 fully saturated rings. The second kappa shape index (κ2) is 3.72. The van der Waals surface area contributed by atoms with Gasteiger partial charge in [-0.3, -0.25) is 0 Å². The number of alkyl halides is 3. The zero-order chi connectivity index (χ0) is 11.0. The standard InChI is InChI=1S/C10H18F3N/c1-7(2)9(14)5-3-4-8(6-9)10(11,12)13/h7-8H,3-6,14H2,1-2H3. The van der Waals surface area contributed by atoms with Crippen LogP contribution in [0.1, 0.15) is 39.5 Å². The van der Waals surface area contributed by atoms with Crippen molar-refractivity contribution in [2.45, 2.75) is 51.2 Å². The molecular formula is C10H18F3N. The largest absolute Gasteiger partial charge is 0.391 e. The van der Waals surface area contributed by atoms with E-state index in [1.54, 1.807) is 0 Å². The fraction of sp³-hybridized carbons (Fsp3) is 1.00. The molecule has 1 aliphatic carbocycles. The van der Waals surface area contributed by atoms with Gasteiger partial charge in [-0.1, -0.05) is 20.3 Å². The Labute approximate surface area is 82.9 Å². The van der Waals surface area contributed by atoms with Gasteiger partial charge in [0.2, 0.25) is 0 Å². The average molecular weight is 209 g/mol. The maximum atomic E-state index is 12.5. The van der Waals surface area contributed by atoms with Gasteiger partial charge in [-0.25, -0.2) is 0 Å². The van der Waals surface area contributed by atoms with Gasteiger partial charge in [0.05, 0.1) is 5.92 Å². The minimum absolute atomic E-state index is 0.0914. The molecule has 0 saturated heterocycles. The number of hydrogen-bond donors (Lipinski definition) is 1. The van der Waals surface area contributed by atoms with E-state index < -0.39 is 17.6 Å². The molecule has 0 spiro atoms. The molecule has 0 aromatic rings. The van der Waals surface area contributed by atoms with Crippen LogP contribution in [0.5, 0.6) is 0 Å². The summed E-state index contributed by atoms with van der Waals surface area (Å²) in [4.78, 5) is 0. The summed E-state index contributed by atoms with van der Waals surface area (Å²) in [7, 11) is 0. The lowest BCUT2D eigenvalue weighted by atomic mass is 9.70. The lowest BCUT2D eigenvalue weighted by molar-refractivity contribution is -0.188. The van der Waals surface area contributed by atoms with Crippen LogP contribution in [-0.2, 0) is 0 Å². The zero-order valence-corrected chi connectivity index (χ0v) is 8.69. The summed E-state index contributed by atoms with van der Waals surface area (Å²) in [5.41, 5.74) is 5.38. The highest BCUT2D eigenvalue weighted by Crippen LogP contribution is 2.43. The molecule has 0 aromatic heterocycles. The van der Waals surface area contributed by atoms with Crippen LogP contribution in [0.3, 0.4) is 0 Å². The van der Waals surface area contributed by atoms with Crippen molar-refractivity contribution in [2.75, 3.05) is 0 Å². The predicted octanol–water partition coefficient (Wildman–Crippen LogP) is 3.09. The van der Waals surface area contributed by atoms with Gasteiger partial charge in [-0.2, -0.15) is 13.2 Å². The SMILES string of the molecule is CC(C)C1(N)CCCC(C(F)(F)F)C1. The molecule has 14 heavy (non-hydrogen) atoms. The van der Waals surface area contributed by atoms with E-state index in [0.29, 0.717) is 6.42 Å².